The van der Waals surface area contributed by atoms with Gasteiger partial charge in [0.2, 0.25) is 0 Å². The summed E-state index contributed by atoms with van der Waals surface area (Å²) in [5.41, 5.74) is 2.74. The van der Waals surface area contributed by atoms with Gasteiger partial charge in [0.15, 0.2) is 0 Å². The largest absolute Gasteiger partial charge is 0.497 e. The van der Waals surface area contributed by atoms with Gasteiger partial charge in [-0.3, -0.25) is 0 Å². The maximum atomic E-state index is 6.14. The van der Waals surface area contributed by atoms with Gasteiger partial charge in [0.25, 0.3) is 0 Å². The number of benzene rings is 3. The van der Waals surface area contributed by atoms with Gasteiger partial charge in [0.1, 0.15) is 11.2 Å². The molecule has 3 aromatic carbocycles. The van der Waals surface area contributed by atoms with Crippen LogP contribution in [0.25, 0.3) is 32.7 Å². The van der Waals surface area contributed by atoms with E-state index >= 15 is 0 Å². The van der Waals surface area contributed by atoms with Gasteiger partial charge < -0.3 is 13.7 Å². The molecule has 1 aliphatic rings. The molecular weight excluding hydrogens is 275 g/mol. The summed E-state index contributed by atoms with van der Waals surface area (Å²) in [6.45, 7) is 1.25. The van der Waals surface area contributed by atoms with E-state index < -0.39 is 0 Å². The number of hydrogen-bond acceptors (Lipinski definition) is 3. The van der Waals surface area contributed by atoms with Crippen LogP contribution in [0.1, 0.15) is 0 Å². The van der Waals surface area contributed by atoms with E-state index in [1.165, 1.54) is 10.8 Å². The minimum atomic E-state index is -0.340. The maximum absolute atomic E-state index is 6.14. The van der Waals surface area contributed by atoms with Crippen molar-refractivity contribution in [3.05, 3.63) is 54.6 Å². The van der Waals surface area contributed by atoms with Crippen LogP contribution in [-0.4, -0.2) is 20.3 Å². The molecule has 2 heterocycles. The molecule has 0 spiro atoms. The average Bonchev–Trinajstić information content (AvgIpc) is 3.22. The Balaban J connectivity index is 1.99. The number of hydrogen-bond donors (Lipinski definition) is 0. The number of rotatable bonds is 1. The summed E-state index contributed by atoms with van der Waals surface area (Å²) in [7, 11) is -0.340. The zero-order valence-electron chi connectivity index (χ0n) is 11.9. The Bertz CT molecular complexity index is 999. The van der Waals surface area contributed by atoms with Crippen molar-refractivity contribution in [1.82, 2.24) is 0 Å². The highest BCUT2D eigenvalue weighted by Gasteiger charge is 2.31. The topological polar surface area (TPSA) is 31.6 Å². The Morgan fingerprint density at radius 1 is 0.818 bits per heavy atom. The SMILES string of the molecule is c1ccc2c(c1)cc(B1OCCO1)c1oc3ccccc3c12. The van der Waals surface area contributed by atoms with Crippen molar-refractivity contribution in [2.45, 2.75) is 0 Å². The molecule has 22 heavy (non-hydrogen) atoms. The zero-order chi connectivity index (χ0) is 14.5. The number of para-hydroxylation sites is 1. The van der Waals surface area contributed by atoms with Crippen LogP contribution in [0.15, 0.2) is 59.0 Å². The molecule has 0 amide bonds. The van der Waals surface area contributed by atoms with Crippen LogP contribution in [0.3, 0.4) is 0 Å². The molecule has 1 saturated heterocycles. The molecule has 0 saturated carbocycles. The first-order valence-corrected chi connectivity index (χ1v) is 7.48. The van der Waals surface area contributed by atoms with Crippen LogP contribution in [-0.2, 0) is 9.31 Å². The van der Waals surface area contributed by atoms with Gasteiger partial charge >= 0.3 is 7.12 Å². The van der Waals surface area contributed by atoms with E-state index in [9.17, 15) is 0 Å². The smallest absolute Gasteiger partial charge is 0.456 e. The second-order valence-corrected chi connectivity index (χ2v) is 5.56. The predicted octanol–water partition coefficient (Wildman–Crippen LogP) is 3.48. The summed E-state index contributed by atoms with van der Waals surface area (Å²) in [5.74, 6) is 0. The first-order valence-electron chi connectivity index (χ1n) is 7.48. The summed E-state index contributed by atoms with van der Waals surface area (Å²) in [4.78, 5) is 0. The fourth-order valence-corrected chi connectivity index (χ4v) is 3.31. The second-order valence-electron chi connectivity index (χ2n) is 5.56. The fraction of sp³-hybridized carbons (Fsp3) is 0.111. The van der Waals surface area contributed by atoms with Gasteiger partial charge in [-0.15, -0.1) is 0 Å². The minimum absolute atomic E-state index is 0.340. The number of furan rings is 1. The highest BCUT2D eigenvalue weighted by Crippen LogP contribution is 2.34. The van der Waals surface area contributed by atoms with Crippen molar-refractivity contribution in [1.29, 1.82) is 0 Å². The Labute approximate surface area is 127 Å². The average molecular weight is 288 g/mol. The molecule has 0 atom stereocenters. The van der Waals surface area contributed by atoms with E-state index in [0.29, 0.717) is 13.2 Å². The lowest BCUT2D eigenvalue weighted by atomic mass is 9.77. The quantitative estimate of drug-likeness (QED) is 0.502. The third kappa shape index (κ3) is 1.65. The lowest BCUT2D eigenvalue weighted by molar-refractivity contribution is 0.365. The van der Waals surface area contributed by atoms with Crippen molar-refractivity contribution in [2.24, 2.45) is 0 Å². The van der Waals surface area contributed by atoms with Crippen LogP contribution in [0.2, 0.25) is 0 Å². The molecule has 0 unspecified atom stereocenters. The standard InChI is InChI=1S/C18H13BO3/c1-2-6-13-12(5-1)11-15(19-20-9-10-21-19)18-17(13)14-7-3-4-8-16(14)22-18/h1-8,11H,9-10H2. The Morgan fingerprint density at radius 2 is 1.55 bits per heavy atom. The van der Waals surface area contributed by atoms with Gasteiger partial charge in [-0.05, 0) is 16.8 Å². The summed E-state index contributed by atoms with van der Waals surface area (Å²) in [5, 5.41) is 4.65. The van der Waals surface area contributed by atoms with Crippen molar-refractivity contribution in [3.8, 4) is 0 Å². The van der Waals surface area contributed by atoms with Gasteiger partial charge in [-0.2, -0.15) is 0 Å². The fourth-order valence-electron chi connectivity index (χ4n) is 3.31. The molecule has 1 fully saturated rings. The predicted molar refractivity (Wildman–Crippen MR) is 88.5 cm³/mol. The molecule has 5 rings (SSSR count). The van der Waals surface area contributed by atoms with Crippen LogP contribution >= 0.6 is 0 Å². The third-order valence-corrected chi connectivity index (χ3v) is 4.27. The highest BCUT2D eigenvalue weighted by atomic mass is 16.6. The Morgan fingerprint density at radius 3 is 2.41 bits per heavy atom. The molecule has 0 radical (unpaired) electrons. The van der Waals surface area contributed by atoms with Crippen LogP contribution in [0, 0.1) is 0 Å². The van der Waals surface area contributed by atoms with Gasteiger partial charge in [0, 0.05) is 16.2 Å². The summed E-state index contributed by atoms with van der Waals surface area (Å²) in [6.07, 6.45) is 0. The summed E-state index contributed by atoms with van der Waals surface area (Å²) >= 11 is 0. The van der Waals surface area contributed by atoms with Crippen LogP contribution in [0.5, 0.6) is 0 Å². The first-order chi connectivity index (χ1) is 10.9. The molecule has 3 nitrogen and oxygen atoms in total. The Hall–Kier alpha value is -2.30. The molecule has 0 bridgehead atoms. The lowest BCUT2D eigenvalue weighted by Crippen LogP contribution is -2.32. The Kier molecular flexibility index (Phi) is 2.56. The van der Waals surface area contributed by atoms with Crippen molar-refractivity contribution in [2.75, 3.05) is 13.2 Å². The number of fused-ring (bicyclic) bond motifs is 5. The maximum Gasteiger partial charge on any atom is 0.497 e. The van der Waals surface area contributed by atoms with E-state index in [1.54, 1.807) is 0 Å². The van der Waals surface area contributed by atoms with Crippen molar-refractivity contribution >= 4 is 45.3 Å². The van der Waals surface area contributed by atoms with E-state index in [4.69, 9.17) is 13.7 Å². The molecular formula is C18H13BO3. The molecule has 1 aliphatic heterocycles. The summed E-state index contributed by atoms with van der Waals surface area (Å²) < 4.78 is 17.6. The molecule has 4 aromatic rings. The van der Waals surface area contributed by atoms with Crippen molar-refractivity contribution < 1.29 is 13.7 Å². The van der Waals surface area contributed by atoms with Gasteiger partial charge in [-0.25, -0.2) is 0 Å². The third-order valence-electron chi connectivity index (χ3n) is 4.27. The lowest BCUT2D eigenvalue weighted by Gasteiger charge is -2.08. The molecule has 4 heteroatoms. The molecule has 0 aliphatic carbocycles. The van der Waals surface area contributed by atoms with E-state index in [0.717, 1.165) is 27.4 Å². The highest BCUT2D eigenvalue weighted by molar-refractivity contribution is 6.65. The molecule has 0 N–H and O–H groups in total. The second kappa shape index (κ2) is 4.60. The van der Waals surface area contributed by atoms with E-state index in [2.05, 4.69) is 36.4 Å². The zero-order valence-corrected chi connectivity index (χ0v) is 11.9. The molecule has 1 aromatic heterocycles. The van der Waals surface area contributed by atoms with Gasteiger partial charge in [-0.1, -0.05) is 48.5 Å². The van der Waals surface area contributed by atoms with E-state index in [1.807, 2.05) is 18.2 Å². The van der Waals surface area contributed by atoms with E-state index in [-0.39, 0.29) is 7.12 Å². The molecule has 106 valence electrons. The summed E-state index contributed by atoms with van der Waals surface area (Å²) in [6, 6.07) is 18.6. The minimum Gasteiger partial charge on any atom is -0.456 e. The van der Waals surface area contributed by atoms with Crippen LogP contribution < -0.4 is 5.46 Å². The van der Waals surface area contributed by atoms with Crippen LogP contribution in [0.4, 0.5) is 0 Å². The van der Waals surface area contributed by atoms with Crippen molar-refractivity contribution in [3.63, 3.8) is 0 Å². The monoisotopic (exact) mass is 288 g/mol. The normalized spacial score (nSPS) is 15.4. The van der Waals surface area contributed by atoms with Gasteiger partial charge in [0.05, 0.1) is 13.2 Å². The first kappa shape index (κ1) is 12.3.